The molecule has 0 aliphatic carbocycles. The van der Waals surface area contributed by atoms with E-state index >= 15 is 0 Å². The van der Waals surface area contributed by atoms with Crippen molar-refractivity contribution in [2.45, 2.75) is 77.4 Å². The van der Waals surface area contributed by atoms with Gasteiger partial charge in [0.1, 0.15) is 18.1 Å². The van der Waals surface area contributed by atoms with Crippen LogP contribution in [0.25, 0.3) is 0 Å². The van der Waals surface area contributed by atoms with E-state index in [1.54, 1.807) is 0 Å². The van der Waals surface area contributed by atoms with Crippen LogP contribution in [-0.2, 0) is 11.3 Å². The Morgan fingerprint density at radius 1 is 0.946 bits per heavy atom. The van der Waals surface area contributed by atoms with Gasteiger partial charge in [0, 0.05) is 32.6 Å². The summed E-state index contributed by atoms with van der Waals surface area (Å²) in [5, 5.41) is 11.2. The number of benzene rings is 2. The monoisotopic (exact) mass is 508 g/mol. The highest BCUT2D eigenvalue weighted by Crippen LogP contribution is 2.27. The van der Waals surface area contributed by atoms with Crippen LogP contribution in [0.5, 0.6) is 11.5 Å². The molecule has 0 unspecified atom stereocenters. The average Bonchev–Trinajstić information content (AvgIpc) is 3.19. The lowest BCUT2D eigenvalue weighted by molar-refractivity contribution is -0.130. The lowest BCUT2D eigenvalue weighted by Gasteiger charge is -2.27. The van der Waals surface area contributed by atoms with E-state index in [0.29, 0.717) is 32.0 Å². The lowest BCUT2D eigenvalue weighted by Crippen LogP contribution is -2.37. The maximum Gasteiger partial charge on any atom is 0.222 e. The molecule has 6 heteroatoms. The van der Waals surface area contributed by atoms with Crippen molar-refractivity contribution in [3.05, 3.63) is 59.2 Å². The van der Waals surface area contributed by atoms with Crippen molar-refractivity contribution in [2.24, 2.45) is 0 Å². The molecule has 0 saturated carbocycles. The number of hydrogen-bond acceptors (Lipinski definition) is 5. The van der Waals surface area contributed by atoms with Gasteiger partial charge in [0.05, 0.1) is 12.2 Å². The maximum atomic E-state index is 12.2. The number of likely N-dealkylation sites (tertiary alicyclic amines) is 2. The van der Waals surface area contributed by atoms with Crippen molar-refractivity contribution in [1.82, 2.24) is 9.80 Å². The number of hydrogen-bond donors (Lipinski definition) is 1. The number of aryl methyl sites for hydroxylation is 2. The summed E-state index contributed by atoms with van der Waals surface area (Å²) in [5.41, 5.74) is 2.74. The predicted molar refractivity (Wildman–Crippen MR) is 147 cm³/mol. The molecule has 6 nitrogen and oxygen atoms in total. The van der Waals surface area contributed by atoms with E-state index in [0.717, 1.165) is 88.3 Å². The molecule has 2 saturated heterocycles. The van der Waals surface area contributed by atoms with Gasteiger partial charge in [0.25, 0.3) is 0 Å². The van der Waals surface area contributed by atoms with Gasteiger partial charge in [-0.1, -0.05) is 36.2 Å². The minimum Gasteiger partial charge on any atom is -0.494 e. The van der Waals surface area contributed by atoms with Crippen molar-refractivity contribution < 1.29 is 19.4 Å². The summed E-state index contributed by atoms with van der Waals surface area (Å²) in [5.74, 6) is 2.03. The van der Waals surface area contributed by atoms with Crippen LogP contribution in [0.2, 0.25) is 0 Å². The van der Waals surface area contributed by atoms with Gasteiger partial charge < -0.3 is 19.5 Å². The Kier molecular flexibility index (Phi) is 9.87. The van der Waals surface area contributed by atoms with Crippen LogP contribution in [0.3, 0.4) is 0 Å². The van der Waals surface area contributed by atoms with Gasteiger partial charge >= 0.3 is 0 Å². The van der Waals surface area contributed by atoms with E-state index in [1.807, 2.05) is 17.0 Å². The summed E-state index contributed by atoms with van der Waals surface area (Å²) in [6.07, 6.45) is 7.22. The highest BCUT2D eigenvalue weighted by molar-refractivity contribution is 5.76. The number of ether oxygens (including phenoxy) is 2. The smallest absolute Gasteiger partial charge is 0.222 e. The fourth-order valence-corrected chi connectivity index (χ4v) is 5.42. The first kappa shape index (κ1) is 27.5. The van der Waals surface area contributed by atoms with Crippen LogP contribution < -0.4 is 9.47 Å². The lowest BCUT2D eigenvalue weighted by atomic mass is 9.96. The molecule has 0 spiro atoms. The Hall–Kier alpha value is -2.57. The fraction of sp³-hybridized carbons (Fsp3) is 0.581. The minimum atomic E-state index is -0.800. The number of nitrogens with zero attached hydrogens (tertiary/aromatic N) is 2. The van der Waals surface area contributed by atoms with Crippen LogP contribution in [0.1, 0.15) is 68.1 Å². The topological polar surface area (TPSA) is 62.2 Å². The van der Waals surface area contributed by atoms with Gasteiger partial charge in [0.15, 0.2) is 0 Å². The molecule has 0 radical (unpaired) electrons. The zero-order valence-electron chi connectivity index (χ0n) is 22.7. The van der Waals surface area contributed by atoms with Gasteiger partial charge in [-0.25, -0.2) is 0 Å². The number of carbonyl (C=O) groups excluding carboxylic acids is 1. The summed E-state index contributed by atoms with van der Waals surface area (Å²) >= 11 is 0. The molecule has 2 heterocycles. The van der Waals surface area contributed by atoms with Crippen molar-refractivity contribution in [1.29, 1.82) is 0 Å². The normalized spacial score (nSPS) is 21.4. The predicted octanol–water partition coefficient (Wildman–Crippen LogP) is 5.27. The third-order valence-electron chi connectivity index (χ3n) is 7.65. The zero-order valence-corrected chi connectivity index (χ0v) is 22.7. The maximum absolute atomic E-state index is 12.2. The summed E-state index contributed by atoms with van der Waals surface area (Å²) in [6.45, 7) is 9.37. The third kappa shape index (κ3) is 8.47. The van der Waals surface area contributed by atoms with Crippen molar-refractivity contribution in [3.63, 3.8) is 0 Å². The van der Waals surface area contributed by atoms with Gasteiger partial charge in [-0.2, -0.15) is 0 Å². The van der Waals surface area contributed by atoms with Crippen LogP contribution >= 0.6 is 0 Å². The standard InChI is InChI=1S/C31H44N2O4/c1-25-12-13-29(26(2)21-25)37-24-31(35)14-7-16-32(19-15-31)23-27-9-6-10-28(22-27)36-20-8-18-33-17-5-3-4-11-30(33)34/h6,9-10,12-13,21-22,35H,3-5,7-8,11,14-20,23-24H2,1-2H3/t31-/m0/s1. The first-order chi connectivity index (χ1) is 17.9. The van der Waals surface area contributed by atoms with E-state index in [1.165, 1.54) is 11.1 Å². The molecule has 2 aliphatic heterocycles. The van der Waals surface area contributed by atoms with Crippen LogP contribution in [0.4, 0.5) is 0 Å². The Balaban J connectivity index is 1.21. The van der Waals surface area contributed by atoms with Gasteiger partial charge in [-0.3, -0.25) is 9.69 Å². The molecule has 2 fully saturated rings. The molecule has 0 bridgehead atoms. The molecule has 202 valence electrons. The van der Waals surface area contributed by atoms with Crippen LogP contribution in [0, 0.1) is 13.8 Å². The first-order valence-corrected chi connectivity index (χ1v) is 14.0. The molecule has 1 atom stereocenters. The largest absolute Gasteiger partial charge is 0.494 e. The molecular formula is C31H44N2O4. The van der Waals surface area contributed by atoms with E-state index in [9.17, 15) is 9.90 Å². The summed E-state index contributed by atoms with van der Waals surface area (Å²) in [7, 11) is 0. The van der Waals surface area contributed by atoms with Crippen molar-refractivity contribution in [3.8, 4) is 11.5 Å². The third-order valence-corrected chi connectivity index (χ3v) is 7.65. The summed E-state index contributed by atoms with van der Waals surface area (Å²) in [6, 6.07) is 14.5. The van der Waals surface area contributed by atoms with Gasteiger partial charge in [-0.15, -0.1) is 0 Å². The van der Waals surface area contributed by atoms with Crippen molar-refractivity contribution in [2.75, 3.05) is 39.4 Å². The van der Waals surface area contributed by atoms with E-state index in [4.69, 9.17) is 9.47 Å². The molecule has 2 aromatic rings. The van der Waals surface area contributed by atoms with E-state index in [-0.39, 0.29) is 0 Å². The van der Waals surface area contributed by atoms with E-state index < -0.39 is 5.60 Å². The number of carbonyl (C=O) groups is 1. The highest BCUT2D eigenvalue weighted by atomic mass is 16.5. The molecule has 4 rings (SSSR count). The Morgan fingerprint density at radius 2 is 1.84 bits per heavy atom. The quantitative estimate of drug-likeness (QED) is 0.443. The Bertz CT molecular complexity index is 1030. The highest BCUT2D eigenvalue weighted by Gasteiger charge is 2.31. The zero-order chi connectivity index (χ0) is 26.1. The molecular weight excluding hydrogens is 464 g/mol. The second-order valence-corrected chi connectivity index (χ2v) is 11.0. The average molecular weight is 509 g/mol. The summed E-state index contributed by atoms with van der Waals surface area (Å²) in [4.78, 5) is 16.6. The second kappa shape index (κ2) is 13.3. The molecule has 2 aliphatic rings. The first-order valence-electron chi connectivity index (χ1n) is 14.0. The van der Waals surface area contributed by atoms with Crippen LogP contribution in [0.15, 0.2) is 42.5 Å². The second-order valence-electron chi connectivity index (χ2n) is 11.0. The fourth-order valence-electron chi connectivity index (χ4n) is 5.42. The van der Waals surface area contributed by atoms with E-state index in [2.05, 4.69) is 49.1 Å². The molecule has 2 aromatic carbocycles. The van der Waals surface area contributed by atoms with Gasteiger partial charge in [-0.05, 0) is 88.2 Å². The number of aliphatic hydroxyl groups is 1. The molecule has 1 N–H and O–H groups in total. The van der Waals surface area contributed by atoms with Crippen LogP contribution in [-0.4, -0.2) is 65.8 Å². The van der Waals surface area contributed by atoms with Gasteiger partial charge in [0.2, 0.25) is 5.91 Å². The summed E-state index contributed by atoms with van der Waals surface area (Å²) < 4.78 is 12.1. The number of rotatable bonds is 10. The molecule has 0 aromatic heterocycles. The Labute approximate surface area is 222 Å². The Morgan fingerprint density at radius 3 is 2.70 bits per heavy atom. The molecule has 1 amide bonds. The van der Waals surface area contributed by atoms with Crippen molar-refractivity contribution >= 4 is 5.91 Å². The SMILES string of the molecule is Cc1ccc(OC[C@]2(O)CCCN(Cc3cccc(OCCCN4CCCCCC4=O)c3)CC2)c(C)c1. The minimum absolute atomic E-state index is 0.292. The molecule has 37 heavy (non-hydrogen) atoms. The number of amides is 1.